The van der Waals surface area contributed by atoms with Gasteiger partial charge < -0.3 is 10.2 Å². The number of nitrogens with one attached hydrogen (secondary N) is 1. The molecule has 0 aliphatic heterocycles. The van der Waals surface area contributed by atoms with Crippen molar-refractivity contribution in [2.45, 2.75) is 4.90 Å². The summed E-state index contributed by atoms with van der Waals surface area (Å²) in [5.41, 5.74) is 1.37. The van der Waals surface area contributed by atoms with Crippen molar-refractivity contribution in [2.24, 2.45) is 0 Å². The summed E-state index contributed by atoms with van der Waals surface area (Å²) in [7, 11) is -3.28. The van der Waals surface area contributed by atoms with Crippen molar-refractivity contribution < 1.29 is 13.2 Å². The maximum atomic E-state index is 12.5. The second kappa shape index (κ2) is 7.79. The molecule has 2 aromatic rings. The van der Waals surface area contributed by atoms with Crippen LogP contribution < -0.4 is 10.2 Å². The van der Waals surface area contributed by atoms with E-state index in [1.165, 1.54) is 12.1 Å². The lowest BCUT2D eigenvalue weighted by Gasteiger charge is -2.21. The van der Waals surface area contributed by atoms with E-state index in [2.05, 4.69) is 11.9 Å². The molecule has 5 nitrogen and oxygen atoms in total. The summed E-state index contributed by atoms with van der Waals surface area (Å²) in [5.74, 6) is -0.133. The molecule has 0 heterocycles. The topological polar surface area (TPSA) is 66.5 Å². The number of amides is 1. The quantitative estimate of drug-likeness (QED) is 0.784. The lowest BCUT2D eigenvalue weighted by Crippen LogP contribution is -2.35. The van der Waals surface area contributed by atoms with Crippen LogP contribution in [0.3, 0.4) is 0 Å². The zero-order chi connectivity index (χ0) is 17.6. The Kier molecular flexibility index (Phi) is 5.76. The van der Waals surface area contributed by atoms with Crippen molar-refractivity contribution in [1.82, 2.24) is 0 Å². The first-order chi connectivity index (χ1) is 11.4. The highest BCUT2D eigenvalue weighted by Crippen LogP contribution is 2.16. The van der Waals surface area contributed by atoms with Crippen molar-refractivity contribution in [3.63, 3.8) is 0 Å². The van der Waals surface area contributed by atoms with Crippen LogP contribution in [0.2, 0.25) is 0 Å². The number of nitrogens with zero attached hydrogens (tertiary/aromatic N) is 1. The van der Waals surface area contributed by atoms with E-state index in [0.29, 0.717) is 12.2 Å². The zero-order valence-electron chi connectivity index (χ0n) is 13.5. The molecule has 0 saturated heterocycles. The smallest absolute Gasteiger partial charge is 0.246 e. The fourth-order valence-corrected chi connectivity index (χ4v) is 2.86. The molecule has 0 bridgehead atoms. The molecule has 0 spiro atoms. The predicted octanol–water partition coefficient (Wildman–Crippen LogP) is 2.72. The monoisotopic (exact) mass is 344 g/mol. The maximum Gasteiger partial charge on any atom is 0.246 e. The Balaban J connectivity index is 2.10. The van der Waals surface area contributed by atoms with Crippen molar-refractivity contribution in [3.05, 3.63) is 67.3 Å². The molecule has 126 valence electrons. The zero-order valence-corrected chi connectivity index (χ0v) is 14.3. The molecule has 24 heavy (non-hydrogen) atoms. The van der Waals surface area contributed by atoms with Gasteiger partial charge in [-0.2, -0.15) is 0 Å². The number of hydrogen-bond acceptors (Lipinski definition) is 4. The molecule has 0 aliphatic carbocycles. The molecule has 2 rings (SSSR count). The molecule has 0 aliphatic rings. The lowest BCUT2D eigenvalue weighted by molar-refractivity contribution is -0.116. The van der Waals surface area contributed by atoms with E-state index < -0.39 is 9.84 Å². The molecular formula is C18H20N2O3S. The van der Waals surface area contributed by atoms with Gasteiger partial charge in [-0.05, 0) is 30.3 Å². The highest BCUT2D eigenvalue weighted by Gasteiger charge is 2.14. The molecule has 0 saturated carbocycles. The van der Waals surface area contributed by atoms with E-state index in [9.17, 15) is 13.2 Å². The molecule has 0 atom stereocenters. The van der Waals surface area contributed by atoms with Gasteiger partial charge in [-0.25, -0.2) is 8.42 Å². The third kappa shape index (κ3) is 4.70. The normalized spacial score (nSPS) is 10.9. The lowest BCUT2D eigenvalue weighted by atomic mass is 10.2. The van der Waals surface area contributed by atoms with Crippen LogP contribution in [-0.4, -0.2) is 33.7 Å². The van der Waals surface area contributed by atoms with Crippen LogP contribution in [0.15, 0.2) is 72.1 Å². The van der Waals surface area contributed by atoms with E-state index >= 15 is 0 Å². The number of sulfone groups is 1. The SMILES string of the molecule is C=CCN(C(=O)CNc1cccc(S(C)(=O)=O)c1)c1ccccc1. The first-order valence-corrected chi connectivity index (χ1v) is 9.31. The highest BCUT2D eigenvalue weighted by atomic mass is 32.2. The molecular weight excluding hydrogens is 324 g/mol. The van der Waals surface area contributed by atoms with Gasteiger partial charge in [0.1, 0.15) is 0 Å². The number of anilines is 2. The molecule has 0 radical (unpaired) electrons. The molecule has 0 aromatic heterocycles. The Bertz CT molecular complexity index is 817. The third-order valence-corrected chi connectivity index (χ3v) is 4.50. The van der Waals surface area contributed by atoms with Crippen LogP contribution in [-0.2, 0) is 14.6 Å². The van der Waals surface area contributed by atoms with E-state index in [0.717, 1.165) is 11.9 Å². The van der Waals surface area contributed by atoms with Crippen molar-refractivity contribution in [1.29, 1.82) is 0 Å². The summed E-state index contributed by atoms with van der Waals surface area (Å²) in [5, 5.41) is 2.98. The largest absolute Gasteiger partial charge is 0.376 e. The minimum atomic E-state index is -3.28. The van der Waals surface area contributed by atoms with Crippen LogP contribution in [0.1, 0.15) is 0 Å². The second-order valence-electron chi connectivity index (χ2n) is 5.28. The summed E-state index contributed by atoms with van der Waals surface area (Å²) in [6.45, 7) is 4.13. The average molecular weight is 344 g/mol. The van der Waals surface area contributed by atoms with Gasteiger partial charge in [-0.3, -0.25) is 4.79 Å². The summed E-state index contributed by atoms with van der Waals surface area (Å²) in [4.78, 5) is 14.3. The number of para-hydroxylation sites is 1. The molecule has 0 fully saturated rings. The van der Waals surface area contributed by atoms with E-state index in [-0.39, 0.29) is 17.3 Å². The fourth-order valence-electron chi connectivity index (χ4n) is 2.20. The van der Waals surface area contributed by atoms with Crippen LogP contribution in [0.4, 0.5) is 11.4 Å². The minimum Gasteiger partial charge on any atom is -0.376 e. The van der Waals surface area contributed by atoms with Gasteiger partial charge in [0.15, 0.2) is 9.84 Å². The van der Waals surface area contributed by atoms with Gasteiger partial charge in [-0.1, -0.05) is 30.3 Å². The number of carbonyl (C=O) groups excluding carboxylic acids is 1. The van der Waals surface area contributed by atoms with E-state index in [1.54, 1.807) is 23.1 Å². The van der Waals surface area contributed by atoms with Gasteiger partial charge >= 0.3 is 0 Å². The van der Waals surface area contributed by atoms with Crippen LogP contribution >= 0.6 is 0 Å². The molecule has 2 aromatic carbocycles. The summed E-state index contributed by atoms with van der Waals surface area (Å²) >= 11 is 0. The first kappa shape index (κ1) is 17.7. The van der Waals surface area contributed by atoms with E-state index in [1.807, 2.05) is 30.3 Å². The standard InChI is InChI=1S/C18H20N2O3S/c1-3-12-20(16-9-5-4-6-10-16)18(21)14-19-15-8-7-11-17(13-15)24(2,22)23/h3-11,13,19H,1,12,14H2,2H3. The molecule has 0 unspecified atom stereocenters. The number of rotatable bonds is 7. The van der Waals surface area contributed by atoms with Gasteiger partial charge in [0.25, 0.3) is 0 Å². The van der Waals surface area contributed by atoms with Crippen molar-refractivity contribution >= 4 is 27.1 Å². The first-order valence-electron chi connectivity index (χ1n) is 7.42. The Hall–Kier alpha value is -2.60. The predicted molar refractivity (Wildman–Crippen MR) is 97.0 cm³/mol. The number of benzene rings is 2. The number of carbonyl (C=O) groups is 1. The van der Waals surface area contributed by atoms with Crippen LogP contribution in [0.5, 0.6) is 0 Å². The number of hydrogen-bond donors (Lipinski definition) is 1. The molecule has 1 N–H and O–H groups in total. The van der Waals surface area contributed by atoms with Gasteiger partial charge in [0.05, 0.1) is 11.4 Å². The Morgan fingerprint density at radius 1 is 1.17 bits per heavy atom. The fraction of sp³-hybridized carbons (Fsp3) is 0.167. The van der Waals surface area contributed by atoms with Crippen LogP contribution in [0.25, 0.3) is 0 Å². The third-order valence-electron chi connectivity index (χ3n) is 3.39. The Labute approximate surface area is 142 Å². The van der Waals surface area contributed by atoms with Gasteiger partial charge in [-0.15, -0.1) is 6.58 Å². The summed E-state index contributed by atoms with van der Waals surface area (Å²) in [6.07, 6.45) is 2.81. The molecule has 1 amide bonds. The van der Waals surface area contributed by atoms with Gasteiger partial charge in [0, 0.05) is 24.2 Å². The second-order valence-corrected chi connectivity index (χ2v) is 7.30. The average Bonchev–Trinajstić information content (AvgIpc) is 2.58. The summed E-state index contributed by atoms with van der Waals surface area (Å²) < 4.78 is 23.2. The van der Waals surface area contributed by atoms with Crippen molar-refractivity contribution in [3.8, 4) is 0 Å². The Morgan fingerprint density at radius 3 is 2.50 bits per heavy atom. The minimum absolute atomic E-state index is 0.0515. The molecule has 6 heteroatoms. The van der Waals surface area contributed by atoms with Gasteiger partial charge in [0.2, 0.25) is 5.91 Å². The highest BCUT2D eigenvalue weighted by molar-refractivity contribution is 7.90. The maximum absolute atomic E-state index is 12.5. The van der Waals surface area contributed by atoms with Crippen LogP contribution in [0, 0.1) is 0 Å². The Morgan fingerprint density at radius 2 is 1.88 bits per heavy atom. The van der Waals surface area contributed by atoms with E-state index in [4.69, 9.17) is 0 Å². The van der Waals surface area contributed by atoms with Crippen molar-refractivity contribution in [2.75, 3.05) is 29.6 Å². The summed E-state index contributed by atoms with van der Waals surface area (Å²) in [6, 6.07) is 15.7.